The molecule has 1 amide bonds. The number of nitrogens with one attached hydrogen (secondary N) is 1. The van der Waals surface area contributed by atoms with Crippen molar-refractivity contribution in [1.82, 2.24) is 10.2 Å². The van der Waals surface area contributed by atoms with Gasteiger partial charge < -0.3 is 10.1 Å². The van der Waals surface area contributed by atoms with E-state index in [-0.39, 0.29) is 5.91 Å². The van der Waals surface area contributed by atoms with Crippen molar-refractivity contribution in [2.75, 3.05) is 19.7 Å². The maximum atomic E-state index is 12.3. The molecule has 0 atom stereocenters. The molecule has 0 aliphatic carbocycles. The quantitative estimate of drug-likeness (QED) is 0.781. The predicted molar refractivity (Wildman–Crippen MR) is 104 cm³/mol. The molecule has 0 bridgehead atoms. The summed E-state index contributed by atoms with van der Waals surface area (Å²) in [5, 5.41) is 3.01. The lowest BCUT2D eigenvalue weighted by Gasteiger charge is -2.15. The predicted octanol–water partition coefficient (Wildman–Crippen LogP) is 4.00. The second-order valence-corrected chi connectivity index (χ2v) is 6.86. The molecule has 1 heterocycles. The van der Waals surface area contributed by atoms with Crippen LogP contribution in [0.15, 0.2) is 48.5 Å². The monoisotopic (exact) mass is 352 g/mol. The lowest BCUT2D eigenvalue weighted by atomic mass is 10.1. The van der Waals surface area contributed by atoms with E-state index in [1.165, 1.54) is 31.5 Å². The van der Waals surface area contributed by atoms with Crippen molar-refractivity contribution in [2.24, 2.45) is 0 Å². The number of carbonyl (C=O) groups excluding carboxylic acids is 1. The molecule has 26 heavy (non-hydrogen) atoms. The van der Waals surface area contributed by atoms with Gasteiger partial charge in [0.2, 0.25) is 0 Å². The Bertz CT molecular complexity index is 706. The maximum absolute atomic E-state index is 12.3. The van der Waals surface area contributed by atoms with E-state index in [0.29, 0.717) is 18.7 Å². The number of rotatable bonds is 8. The first-order valence-corrected chi connectivity index (χ1v) is 9.56. The molecule has 2 aromatic rings. The van der Waals surface area contributed by atoms with Crippen LogP contribution in [0.3, 0.4) is 0 Å². The normalized spacial score (nSPS) is 14.3. The Kier molecular flexibility index (Phi) is 6.67. The number of benzene rings is 2. The SMILES string of the molecule is CCCOc1ccc(C(=O)NCc2cccc(CN3CCCC3)c2)cc1. The second-order valence-electron chi connectivity index (χ2n) is 6.86. The summed E-state index contributed by atoms with van der Waals surface area (Å²) in [6.45, 7) is 6.70. The Hall–Kier alpha value is -2.33. The Labute approximate surface area is 156 Å². The van der Waals surface area contributed by atoms with Gasteiger partial charge in [-0.2, -0.15) is 0 Å². The molecular formula is C22H28N2O2. The molecule has 4 heteroatoms. The number of ether oxygens (including phenoxy) is 1. The van der Waals surface area contributed by atoms with Crippen molar-refractivity contribution >= 4 is 5.91 Å². The Morgan fingerprint density at radius 1 is 1.08 bits per heavy atom. The number of likely N-dealkylation sites (tertiary alicyclic amines) is 1. The smallest absolute Gasteiger partial charge is 0.251 e. The standard InChI is InChI=1S/C22H28N2O2/c1-2-14-26-21-10-8-20(9-11-21)22(25)23-16-18-6-5-7-19(15-18)17-24-12-3-4-13-24/h5-11,15H,2-4,12-14,16-17H2,1H3,(H,23,25). The van der Waals surface area contributed by atoms with Gasteiger partial charge in [-0.1, -0.05) is 31.2 Å². The summed E-state index contributed by atoms with van der Waals surface area (Å²) in [6.07, 6.45) is 3.58. The van der Waals surface area contributed by atoms with Crippen LogP contribution in [0.1, 0.15) is 47.7 Å². The zero-order valence-electron chi connectivity index (χ0n) is 15.5. The first kappa shape index (κ1) is 18.5. The first-order valence-electron chi connectivity index (χ1n) is 9.56. The molecule has 0 radical (unpaired) electrons. The molecule has 4 nitrogen and oxygen atoms in total. The van der Waals surface area contributed by atoms with Crippen LogP contribution in [0, 0.1) is 0 Å². The second kappa shape index (κ2) is 9.39. The van der Waals surface area contributed by atoms with Crippen LogP contribution in [0.25, 0.3) is 0 Å². The number of nitrogens with zero attached hydrogens (tertiary/aromatic N) is 1. The van der Waals surface area contributed by atoms with Gasteiger partial charge in [0.15, 0.2) is 0 Å². The van der Waals surface area contributed by atoms with E-state index >= 15 is 0 Å². The molecule has 1 aliphatic rings. The van der Waals surface area contributed by atoms with Crippen molar-refractivity contribution in [3.63, 3.8) is 0 Å². The zero-order chi connectivity index (χ0) is 18.2. The maximum Gasteiger partial charge on any atom is 0.251 e. The largest absolute Gasteiger partial charge is 0.494 e. The van der Waals surface area contributed by atoms with Gasteiger partial charge in [0, 0.05) is 18.7 Å². The van der Waals surface area contributed by atoms with Gasteiger partial charge >= 0.3 is 0 Å². The van der Waals surface area contributed by atoms with Gasteiger partial charge in [-0.25, -0.2) is 0 Å². The van der Waals surface area contributed by atoms with Crippen LogP contribution in [-0.2, 0) is 13.1 Å². The van der Waals surface area contributed by atoms with Crippen LogP contribution < -0.4 is 10.1 Å². The minimum Gasteiger partial charge on any atom is -0.494 e. The molecule has 3 rings (SSSR count). The van der Waals surface area contributed by atoms with Crippen LogP contribution in [0.4, 0.5) is 0 Å². The first-order chi connectivity index (χ1) is 12.7. The fourth-order valence-electron chi connectivity index (χ4n) is 3.24. The molecule has 0 unspecified atom stereocenters. The summed E-state index contributed by atoms with van der Waals surface area (Å²) in [7, 11) is 0. The van der Waals surface area contributed by atoms with Crippen molar-refractivity contribution in [3.8, 4) is 5.75 Å². The molecule has 1 N–H and O–H groups in total. The van der Waals surface area contributed by atoms with Crippen LogP contribution >= 0.6 is 0 Å². The summed E-state index contributed by atoms with van der Waals surface area (Å²) in [4.78, 5) is 14.8. The van der Waals surface area contributed by atoms with E-state index in [1.807, 2.05) is 24.3 Å². The third-order valence-corrected chi connectivity index (χ3v) is 4.64. The Morgan fingerprint density at radius 3 is 2.54 bits per heavy atom. The third-order valence-electron chi connectivity index (χ3n) is 4.64. The van der Waals surface area contributed by atoms with E-state index in [9.17, 15) is 4.79 Å². The van der Waals surface area contributed by atoms with E-state index in [4.69, 9.17) is 4.74 Å². The number of amides is 1. The lowest BCUT2D eigenvalue weighted by Crippen LogP contribution is -2.23. The van der Waals surface area contributed by atoms with E-state index in [2.05, 4.69) is 41.4 Å². The highest BCUT2D eigenvalue weighted by Crippen LogP contribution is 2.15. The highest BCUT2D eigenvalue weighted by atomic mass is 16.5. The van der Waals surface area contributed by atoms with E-state index < -0.39 is 0 Å². The molecular weight excluding hydrogens is 324 g/mol. The summed E-state index contributed by atoms with van der Waals surface area (Å²) >= 11 is 0. The molecule has 0 spiro atoms. The van der Waals surface area contributed by atoms with Gasteiger partial charge in [0.1, 0.15) is 5.75 Å². The van der Waals surface area contributed by atoms with Crippen LogP contribution in [0.5, 0.6) is 5.75 Å². The summed E-state index contributed by atoms with van der Waals surface area (Å²) in [6, 6.07) is 15.8. The molecule has 1 aliphatic heterocycles. The van der Waals surface area contributed by atoms with E-state index in [1.54, 1.807) is 0 Å². The van der Waals surface area contributed by atoms with Gasteiger partial charge in [-0.15, -0.1) is 0 Å². The molecule has 138 valence electrons. The topological polar surface area (TPSA) is 41.6 Å². The van der Waals surface area contributed by atoms with Gasteiger partial charge in [-0.3, -0.25) is 9.69 Å². The fourth-order valence-corrected chi connectivity index (χ4v) is 3.24. The average Bonchev–Trinajstić information content (AvgIpc) is 3.18. The number of hydrogen-bond acceptors (Lipinski definition) is 3. The summed E-state index contributed by atoms with van der Waals surface area (Å²) < 4.78 is 5.55. The molecule has 0 aromatic heterocycles. The summed E-state index contributed by atoms with van der Waals surface area (Å²) in [5.41, 5.74) is 3.11. The minimum atomic E-state index is -0.0583. The zero-order valence-corrected chi connectivity index (χ0v) is 15.5. The van der Waals surface area contributed by atoms with Crippen molar-refractivity contribution < 1.29 is 9.53 Å². The van der Waals surface area contributed by atoms with Gasteiger partial charge in [-0.05, 0) is 67.7 Å². The highest BCUT2D eigenvalue weighted by molar-refractivity contribution is 5.94. The molecule has 2 aromatic carbocycles. The van der Waals surface area contributed by atoms with Crippen molar-refractivity contribution in [1.29, 1.82) is 0 Å². The average molecular weight is 352 g/mol. The van der Waals surface area contributed by atoms with Crippen LogP contribution in [-0.4, -0.2) is 30.5 Å². The molecule has 0 saturated carbocycles. The number of carbonyl (C=O) groups is 1. The van der Waals surface area contributed by atoms with Crippen molar-refractivity contribution in [3.05, 3.63) is 65.2 Å². The third kappa shape index (κ3) is 5.33. The summed E-state index contributed by atoms with van der Waals surface area (Å²) in [5.74, 6) is 0.745. The Balaban J connectivity index is 1.52. The lowest BCUT2D eigenvalue weighted by molar-refractivity contribution is 0.0951. The van der Waals surface area contributed by atoms with Gasteiger partial charge in [0.05, 0.1) is 6.61 Å². The molecule has 1 fully saturated rings. The highest BCUT2D eigenvalue weighted by Gasteiger charge is 2.12. The van der Waals surface area contributed by atoms with E-state index in [0.717, 1.165) is 24.3 Å². The molecule has 1 saturated heterocycles. The van der Waals surface area contributed by atoms with Crippen LogP contribution in [0.2, 0.25) is 0 Å². The minimum absolute atomic E-state index is 0.0583. The van der Waals surface area contributed by atoms with Crippen molar-refractivity contribution in [2.45, 2.75) is 39.3 Å². The van der Waals surface area contributed by atoms with Gasteiger partial charge in [0.25, 0.3) is 5.91 Å². The Morgan fingerprint density at radius 2 is 1.81 bits per heavy atom. The number of hydrogen-bond donors (Lipinski definition) is 1. The fraction of sp³-hybridized carbons (Fsp3) is 0.409.